The predicted molar refractivity (Wildman–Crippen MR) is 137 cm³/mol. The van der Waals surface area contributed by atoms with Gasteiger partial charge in [0.05, 0.1) is 10.7 Å². The molecule has 2 aromatic carbocycles. The van der Waals surface area contributed by atoms with Crippen molar-refractivity contribution in [3.05, 3.63) is 61.1 Å². The highest BCUT2D eigenvalue weighted by molar-refractivity contribution is 14.1. The van der Waals surface area contributed by atoms with Crippen molar-refractivity contribution in [2.24, 2.45) is 5.92 Å². The summed E-state index contributed by atoms with van der Waals surface area (Å²) in [4.78, 5) is 12.7. The molecule has 0 aliphatic heterocycles. The number of ether oxygens (including phenoxy) is 2. The lowest BCUT2D eigenvalue weighted by molar-refractivity contribution is -0.118. The molecule has 0 aromatic heterocycles. The molecule has 1 amide bonds. The van der Waals surface area contributed by atoms with Crippen molar-refractivity contribution in [1.82, 2.24) is 5.32 Å². The lowest BCUT2D eigenvalue weighted by Crippen LogP contribution is -2.41. The molecule has 5 nitrogen and oxygen atoms in total. The maximum absolute atomic E-state index is 12.7. The second-order valence-electron chi connectivity index (χ2n) is 7.96. The molecule has 1 fully saturated rings. The van der Waals surface area contributed by atoms with Crippen LogP contribution in [0, 0.1) is 20.8 Å². The number of methoxy groups -OCH3 is 1. The number of benzene rings is 2. The summed E-state index contributed by atoms with van der Waals surface area (Å²) in [5.41, 5.74) is 1.84. The molecule has 0 bridgehead atoms. The van der Waals surface area contributed by atoms with Gasteiger partial charge in [-0.05, 0) is 82.8 Å². The fraction of sp³-hybridized carbons (Fsp3) is 0.360. The molecule has 1 aliphatic rings. The molecular formula is C25H26BrIN2O3. The first-order valence-corrected chi connectivity index (χ1v) is 12.5. The van der Waals surface area contributed by atoms with Crippen molar-refractivity contribution in [3.63, 3.8) is 0 Å². The maximum atomic E-state index is 12.7. The average molecular weight is 609 g/mol. The van der Waals surface area contributed by atoms with Crippen LogP contribution in [-0.4, -0.2) is 19.1 Å². The van der Waals surface area contributed by atoms with Crippen LogP contribution in [0.15, 0.2) is 46.4 Å². The third kappa shape index (κ3) is 6.48. The molecule has 1 N–H and O–H groups in total. The largest absolute Gasteiger partial charge is 0.493 e. The van der Waals surface area contributed by atoms with E-state index in [1.165, 1.54) is 6.42 Å². The van der Waals surface area contributed by atoms with E-state index in [4.69, 9.17) is 9.47 Å². The molecule has 2 aromatic rings. The molecule has 3 rings (SSSR count). The summed E-state index contributed by atoms with van der Waals surface area (Å²) in [6.07, 6.45) is 5.97. The number of hydrogen-bond acceptors (Lipinski definition) is 4. The minimum Gasteiger partial charge on any atom is -0.493 e. The van der Waals surface area contributed by atoms with Crippen molar-refractivity contribution in [1.29, 1.82) is 5.26 Å². The van der Waals surface area contributed by atoms with Crippen LogP contribution in [-0.2, 0) is 11.4 Å². The van der Waals surface area contributed by atoms with Gasteiger partial charge in [0.1, 0.15) is 18.2 Å². The number of amides is 1. The zero-order valence-corrected chi connectivity index (χ0v) is 21.9. The number of nitrogens with zero attached hydrogens (tertiary/aromatic N) is 1. The lowest BCUT2D eigenvalue weighted by Gasteiger charge is -2.29. The monoisotopic (exact) mass is 608 g/mol. The van der Waals surface area contributed by atoms with Gasteiger partial charge in [0.15, 0.2) is 11.5 Å². The Balaban J connectivity index is 1.77. The summed E-state index contributed by atoms with van der Waals surface area (Å²) < 4.78 is 13.4. The first kappa shape index (κ1) is 24.6. The van der Waals surface area contributed by atoms with E-state index >= 15 is 0 Å². The van der Waals surface area contributed by atoms with Gasteiger partial charge in [-0.15, -0.1) is 0 Å². The Bertz CT molecular complexity index is 1030. The number of rotatable bonds is 7. The van der Waals surface area contributed by atoms with Crippen LogP contribution in [0.25, 0.3) is 6.08 Å². The lowest BCUT2D eigenvalue weighted by atomic mass is 9.86. The quantitative estimate of drug-likeness (QED) is 0.229. The Labute approximate surface area is 211 Å². The highest BCUT2D eigenvalue weighted by Crippen LogP contribution is 2.35. The summed E-state index contributed by atoms with van der Waals surface area (Å²) in [6.45, 7) is 2.56. The fourth-order valence-electron chi connectivity index (χ4n) is 3.79. The van der Waals surface area contributed by atoms with Crippen LogP contribution in [0.5, 0.6) is 11.5 Å². The van der Waals surface area contributed by atoms with Gasteiger partial charge in [-0.1, -0.05) is 47.8 Å². The third-order valence-electron chi connectivity index (χ3n) is 5.65. The Morgan fingerprint density at radius 1 is 1.28 bits per heavy atom. The number of halogens is 2. The van der Waals surface area contributed by atoms with E-state index in [1.807, 2.05) is 36.4 Å². The maximum Gasteiger partial charge on any atom is 0.262 e. The highest BCUT2D eigenvalue weighted by Gasteiger charge is 2.24. The van der Waals surface area contributed by atoms with Gasteiger partial charge in [0.2, 0.25) is 0 Å². The number of carbonyl (C=O) groups is 1. The second-order valence-corrected chi connectivity index (χ2v) is 10.0. The van der Waals surface area contributed by atoms with Crippen LogP contribution >= 0.6 is 38.5 Å². The molecule has 32 heavy (non-hydrogen) atoms. The summed E-state index contributed by atoms with van der Waals surface area (Å²) in [5, 5.41) is 12.6. The minimum absolute atomic E-state index is 0.0872. The third-order valence-corrected chi connectivity index (χ3v) is 6.98. The van der Waals surface area contributed by atoms with Gasteiger partial charge in [0.25, 0.3) is 5.91 Å². The van der Waals surface area contributed by atoms with Crippen molar-refractivity contribution in [3.8, 4) is 17.6 Å². The van der Waals surface area contributed by atoms with E-state index in [-0.39, 0.29) is 17.5 Å². The predicted octanol–water partition coefficient (Wildman–Crippen LogP) is 6.24. The van der Waals surface area contributed by atoms with Crippen molar-refractivity contribution >= 4 is 50.5 Å². The topological polar surface area (TPSA) is 71.3 Å². The van der Waals surface area contributed by atoms with E-state index < -0.39 is 0 Å². The first-order chi connectivity index (χ1) is 15.4. The van der Waals surface area contributed by atoms with Crippen molar-refractivity contribution in [2.75, 3.05) is 7.11 Å². The van der Waals surface area contributed by atoms with Crippen LogP contribution in [0.1, 0.15) is 43.7 Å². The molecular weight excluding hydrogens is 583 g/mol. The SMILES string of the molecule is COc1cc(/C=C(\C#N)C(=O)N[C@H]2CCCC[C@H]2C)cc(I)c1OCc1ccc(Br)cc1. The summed E-state index contributed by atoms with van der Waals surface area (Å²) in [7, 11) is 1.58. The Kier molecular flexibility index (Phi) is 9.00. The smallest absolute Gasteiger partial charge is 0.262 e. The molecule has 0 heterocycles. The fourth-order valence-corrected chi connectivity index (χ4v) is 4.84. The number of nitrogens with one attached hydrogen (secondary N) is 1. The highest BCUT2D eigenvalue weighted by atomic mass is 127. The molecule has 0 saturated heterocycles. The molecule has 0 radical (unpaired) electrons. The number of carbonyl (C=O) groups excluding carboxylic acids is 1. The number of hydrogen-bond donors (Lipinski definition) is 1. The van der Waals surface area contributed by atoms with E-state index in [1.54, 1.807) is 19.3 Å². The number of nitriles is 1. The summed E-state index contributed by atoms with van der Waals surface area (Å²) in [5.74, 6) is 1.29. The van der Waals surface area contributed by atoms with E-state index in [2.05, 4.69) is 50.8 Å². The standard InChI is InChI=1S/C25H26BrIN2O3/c1-16-5-3-4-6-22(16)29-25(30)19(14-28)11-18-12-21(27)24(23(13-18)31-2)32-15-17-7-9-20(26)10-8-17/h7-13,16,22H,3-6,15H2,1-2H3,(H,29,30)/b19-11+/t16-,22+/m1/s1. The van der Waals surface area contributed by atoms with Gasteiger partial charge in [-0.2, -0.15) is 5.26 Å². The Hall–Kier alpha value is -2.05. The first-order valence-electron chi connectivity index (χ1n) is 10.6. The summed E-state index contributed by atoms with van der Waals surface area (Å²) in [6, 6.07) is 13.8. The van der Waals surface area contributed by atoms with E-state index in [9.17, 15) is 10.1 Å². The molecule has 168 valence electrons. The molecule has 0 spiro atoms. The molecule has 7 heteroatoms. The zero-order chi connectivity index (χ0) is 23.1. The van der Waals surface area contributed by atoms with E-state index in [0.717, 1.165) is 32.9 Å². The van der Waals surface area contributed by atoms with Gasteiger partial charge in [0, 0.05) is 10.5 Å². The van der Waals surface area contributed by atoms with Crippen LogP contribution in [0.4, 0.5) is 0 Å². The second kappa shape index (κ2) is 11.7. The molecule has 1 aliphatic carbocycles. The average Bonchev–Trinajstić information content (AvgIpc) is 2.79. The van der Waals surface area contributed by atoms with Crippen LogP contribution in [0.3, 0.4) is 0 Å². The Morgan fingerprint density at radius 3 is 2.66 bits per heavy atom. The van der Waals surface area contributed by atoms with Gasteiger partial charge < -0.3 is 14.8 Å². The molecule has 1 saturated carbocycles. The van der Waals surface area contributed by atoms with Crippen molar-refractivity contribution < 1.29 is 14.3 Å². The van der Waals surface area contributed by atoms with Crippen LogP contribution < -0.4 is 14.8 Å². The van der Waals surface area contributed by atoms with Gasteiger partial charge in [-0.25, -0.2) is 0 Å². The van der Waals surface area contributed by atoms with Crippen LogP contribution in [0.2, 0.25) is 0 Å². The minimum atomic E-state index is -0.323. The normalized spacial score (nSPS) is 18.5. The van der Waals surface area contributed by atoms with Gasteiger partial charge >= 0.3 is 0 Å². The zero-order valence-electron chi connectivity index (χ0n) is 18.2. The molecule has 0 unspecified atom stereocenters. The van der Waals surface area contributed by atoms with Gasteiger partial charge in [-0.3, -0.25) is 4.79 Å². The Morgan fingerprint density at radius 2 is 2.00 bits per heavy atom. The summed E-state index contributed by atoms with van der Waals surface area (Å²) >= 11 is 5.61. The van der Waals surface area contributed by atoms with Crippen molar-refractivity contribution in [2.45, 2.75) is 45.3 Å². The molecule has 2 atom stereocenters. The van der Waals surface area contributed by atoms with E-state index in [0.29, 0.717) is 29.6 Å².